The van der Waals surface area contributed by atoms with Crippen LogP contribution in [0.4, 0.5) is 0 Å². The molecule has 0 aliphatic heterocycles. The third kappa shape index (κ3) is 2.55. The number of hydrogen-bond donors (Lipinski definition) is 0. The summed E-state index contributed by atoms with van der Waals surface area (Å²) in [7, 11) is 0. The van der Waals surface area contributed by atoms with Gasteiger partial charge in [0.15, 0.2) is 0 Å². The average Bonchev–Trinajstić information content (AvgIpc) is 3.07. The van der Waals surface area contributed by atoms with Crippen LogP contribution in [-0.2, 0) is 0 Å². The molecule has 0 atom stereocenters. The first-order valence-corrected chi connectivity index (χ1v) is 9.29. The second-order valence-corrected chi connectivity index (χ2v) is 7.12. The van der Waals surface area contributed by atoms with Crippen LogP contribution < -0.4 is 0 Å². The van der Waals surface area contributed by atoms with Gasteiger partial charge in [0.05, 0.1) is 0 Å². The molecule has 27 heavy (non-hydrogen) atoms. The Hall–Kier alpha value is -3.32. The molecule has 0 radical (unpaired) electrons. The SMILES string of the molecule is Cc1cccc(-c2cccc(-c3cccc4oc5ccccc5c34)c2C)c1. The highest BCUT2D eigenvalue weighted by Crippen LogP contribution is 2.39. The highest BCUT2D eigenvalue weighted by molar-refractivity contribution is 6.12. The van der Waals surface area contributed by atoms with Gasteiger partial charge in [-0.05, 0) is 53.8 Å². The molecule has 1 heteroatoms. The summed E-state index contributed by atoms with van der Waals surface area (Å²) in [6, 6.07) is 29.9. The van der Waals surface area contributed by atoms with E-state index >= 15 is 0 Å². The number of furan rings is 1. The highest BCUT2D eigenvalue weighted by atomic mass is 16.3. The van der Waals surface area contributed by atoms with Crippen molar-refractivity contribution in [3.8, 4) is 22.3 Å². The third-order valence-corrected chi connectivity index (χ3v) is 5.36. The van der Waals surface area contributed by atoms with Crippen molar-refractivity contribution >= 4 is 21.9 Å². The molecule has 0 aliphatic rings. The lowest BCUT2D eigenvalue weighted by atomic mass is 9.90. The van der Waals surface area contributed by atoms with Crippen LogP contribution in [0.15, 0.2) is 89.3 Å². The molecule has 1 aromatic heterocycles. The number of rotatable bonds is 2. The van der Waals surface area contributed by atoms with Crippen molar-refractivity contribution in [2.45, 2.75) is 13.8 Å². The Morgan fingerprint density at radius 3 is 2.19 bits per heavy atom. The lowest BCUT2D eigenvalue weighted by Gasteiger charge is -2.13. The van der Waals surface area contributed by atoms with Gasteiger partial charge >= 0.3 is 0 Å². The van der Waals surface area contributed by atoms with Crippen LogP contribution in [0.25, 0.3) is 44.2 Å². The highest BCUT2D eigenvalue weighted by Gasteiger charge is 2.15. The van der Waals surface area contributed by atoms with E-state index in [1.54, 1.807) is 0 Å². The van der Waals surface area contributed by atoms with E-state index in [0.29, 0.717) is 0 Å². The minimum Gasteiger partial charge on any atom is -0.456 e. The summed E-state index contributed by atoms with van der Waals surface area (Å²) < 4.78 is 6.09. The van der Waals surface area contributed by atoms with E-state index < -0.39 is 0 Å². The van der Waals surface area contributed by atoms with Crippen LogP contribution in [0.1, 0.15) is 11.1 Å². The van der Waals surface area contributed by atoms with Gasteiger partial charge in [-0.3, -0.25) is 0 Å². The standard InChI is InChI=1S/C26H20O/c1-17-8-5-9-19(16-17)20-11-6-12-21(18(20)2)22-13-7-15-25-26(22)23-10-3-4-14-24(23)27-25/h3-16H,1-2H3. The lowest BCUT2D eigenvalue weighted by Crippen LogP contribution is -1.89. The van der Waals surface area contributed by atoms with Crippen molar-refractivity contribution in [2.24, 2.45) is 0 Å². The topological polar surface area (TPSA) is 13.1 Å². The molecule has 1 nitrogen and oxygen atoms in total. The van der Waals surface area contributed by atoms with Crippen LogP contribution in [-0.4, -0.2) is 0 Å². The van der Waals surface area contributed by atoms with Gasteiger partial charge in [0.1, 0.15) is 11.2 Å². The molecule has 130 valence electrons. The summed E-state index contributed by atoms with van der Waals surface area (Å²) in [4.78, 5) is 0. The summed E-state index contributed by atoms with van der Waals surface area (Å²) in [5.74, 6) is 0. The zero-order valence-electron chi connectivity index (χ0n) is 15.5. The maximum Gasteiger partial charge on any atom is 0.136 e. The Balaban J connectivity index is 1.80. The maximum atomic E-state index is 6.09. The molecule has 1 heterocycles. The van der Waals surface area contributed by atoms with Crippen molar-refractivity contribution < 1.29 is 4.42 Å². The number of fused-ring (bicyclic) bond motifs is 3. The fourth-order valence-electron chi connectivity index (χ4n) is 4.05. The number of hydrogen-bond acceptors (Lipinski definition) is 1. The van der Waals surface area contributed by atoms with E-state index in [2.05, 4.69) is 86.6 Å². The molecule has 0 fully saturated rings. The number of para-hydroxylation sites is 1. The van der Waals surface area contributed by atoms with Gasteiger partial charge in [0.2, 0.25) is 0 Å². The quantitative estimate of drug-likeness (QED) is 0.321. The fourth-order valence-corrected chi connectivity index (χ4v) is 4.05. The van der Waals surface area contributed by atoms with Crippen molar-refractivity contribution in [1.82, 2.24) is 0 Å². The van der Waals surface area contributed by atoms with Gasteiger partial charge in [0.25, 0.3) is 0 Å². The zero-order chi connectivity index (χ0) is 18.4. The molecule has 5 rings (SSSR count). The summed E-state index contributed by atoms with van der Waals surface area (Å²) >= 11 is 0. The van der Waals surface area contributed by atoms with Crippen molar-refractivity contribution in [1.29, 1.82) is 0 Å². The Morgan fingerprint density at radius 1 is 0.593 bits per heavy atom. The van der Waals surface area contributed by atoms with Gasteiger partial charge in [-0.2, -0.15) is 0 Å². The van der Waals surface area contributed by atoms with Crippen molar-refractivity contribution in [3.05, 3.63) is 96.1 Å². The molecule has 0 N–H and O–H groups in total. The van der Waals surface area contributed by atoms with E-state index in [1.165, 1.54) is 44.2 Å². The van der Waals surface area contributed by atoms with Crippen molar-refractivity contribution in [3.63, 3.8) is 0 Å². The molecule has 0 spiro atoms. The zero-order valence-corrected chi connectivity index (χ0v) is 15.5. The predicted octanol–water partition coefficient (Wildman–Crippen LogP) is 7.54. The smallest absolute Gasteiger partial charge is 0.136 e. The van der Waals surface area contributed by atoms with Crippen molar-refractivity contribution in [2.75, 3.05) is 0 Å². The van der Waals surface area contributed by atoms with E-state index in [0.717, 1.165) is 11.2 Å². The molecule has 5 aromatic rings. The Bertz CT molecular complexity index is 1290. The van der Waals surface area contributed by atoms with Gasteiger partial charge in [-0.1, -0.05) is 78.4 Å². The van der Waals surface area contributed by atoms with Crippen LogP contribution in [0.5, 0.6) is 0 Å². The summed E-state index contributed by atoms with van der Waals surface area (Å²) in [5, 5.41) is 2.36. The van der Waals surface area contributed by atoms with Gasteiger partial charge in [-0.25, -0.2) is 0 Å². The van der Waals surface area contributed by atoms with Crippen LogP contribution >= 0.6 is 0 Å². The Labute approximate surface area is 158 Å². The van der Waals surface area contributed by atoms with Crippen LogP contribution in [0.2, 0.25) is 0 Å². The predicted molar refractivity (Wildman–Crippen MR) is 114 cm³/mol. The van der Waals surface area contributed by atoms with Gasteiger partial charge in [0, 0.05) is 10.8 Å². The largest absolute Gasteiger partial charge is 0.456 e. The van der Waals surface area contributed by atoms with Crippen LogP contribution in [0.3, 0.4) is 0 Å². The monoisotopic (exact) mass is 348 g/mol. The number of aryl methyl sites for hydroxylation is 1. The molecular formula is C26H20O. The van der Waals surface area contributed by atoms with E-state index in [4.69, 9.17) is 4.42 Å². The third-order valence-electron chi connectivity index (χ3n) is 5.36. The van der Waals surface area contributed by atoms with E-state index in [1.807, 2.05) is 12.1 Å². The van der Waals surface area contributed by atoms with Gasteiger partial charge in [-0.15, -0.1) is 0 Å². The van der Waals surface area contributed by atoms with E-state index in [-0.39, 0.29) is 0 Å². The lowest BCUT2D eigenvalue weighted by molar-refractivity contribution is 0.669. The second-order valence-electron chi connectivity index (χ2n) is 7.12. The molecular weight excluding hydrogens is 328 g/mol. The van der Waals surface area contributed by atoms with Crippen LogP contribution in [0, 0.1) is 13.8 Å². The molecule has 0 aliphatic carbocycles. The molecule has 0 saturated heterocycles. The maximum absolute atomic E-state index is 6.09. The molecule has 0 unspecified atom stereocenters. The average molecular weight is 348 g/mol. The first-order valence-electron chi connectivity index (χ1n) is 9.29. The normalized spacial score (nSPS) is 11.3. The van der Waals surface area contributed by atoms with E-state index in [9.17, 15) is 0 Å². The molecule has 4 aromatic carbocycles. The molecule has 0 bridgehead atoms. The fraction of sp³-hybridized carbons (Fsp3) is 0.0769. The first kappa shape index (κ1) is 15.9. The number of benzene rings is 4. The molecule has 0 saturated carbocycles. The summed E-state index contributed by atoms with van der Waals surface area (Å²) in [5.41, 5.74) is 9.47. The minimum atomic E-state index is 0.937. The second kappa shape index (κ2) is 6.14. The summed E-state index contributed by atoms with van der Waals surface area (Å²) in [6.07, 6.45) is 0. The minimum absolute atomic E-state index is 0.937. The summed E-state index contributed by atoms with van der Waals surface area (Å²) in [6.45, 7) is 4.36. The Kier molecular flexibility index (Phi) is 3.61. The Morgan fingerprint density at radius 2 is 1.30 bits per heavy atom. The van der Waals surface area contributed by atoms with Gasteiger partial charge < -0.3 is 4.42 Å². The molecule has 0 amide bonds. The first-order chi connectivity index (χ1) is 13.2.